The van der Waals surface area contributed by atoms with Crippen molar-refractivity contribution < 1.29 is 4.90 Å². The van der Waals surface area contributed by atoms with Gasteiger partial charge >= 0.3 is 0 Å². The second kappa shape index (κ2) is 4.90. The van der Waals surface area contributed by atoms with Gasteiger partial charge in [-0.25, -0.2) is 0 Å². The SMILES string of the molecule is C#CC[NH+](C)CC(=C)c1cc2ccccc2[nH]1. The Hall–Kier alpha value is -1.98. The first kappa shape index (κ1) is 11.5. The number of quaternary nitrogens is 1. The van der Waals surface area contributed by atoms with Gasteiger partial charge in [-0.3, -0.25) is 0 Å². The van der Waals surface area contributed by atoms with Crippen LogP contribution in [0.15, 0.2) is 36.9 Å². The Morgan fingerprint density at radius 2 is 2.24 bits per heavy atom. The second-order valence-corrected chi connectivity index (χ2v) is 4.39. The molecule has 0 fully saturated rings. The molecule has 0 aliphatic rings. The van der Waals surface area contributed by atoms with Crippen molar-refractivity contribution in [2.24, 2.45) is 0 Å². The summed E-state index contributed by atoms with van der Waals surface area (Å²) in [5.74, 6) is 2.66. The number of fused-ring (bicyclic) bond motifs is 1. The third kappa shape index (κ3) is 2.58. The summed E-state index contributed by atoms with van der Waals surface area (Å²) < 4.78 is 0. The summed E-state index contributed by atoms with van der Waals surface area (Å²) in [4.78, 5) is 4.65. The molecule has 1 atom stereocenters. The fourth-order valence-electron chi connectivity index (χ4n) is 1.96. The molecule has 86 valence electrons. The molecule has 0 aliphatic carbocycles. The average molecular weight is 225 g/mol. The molecule has 0 saturated heterocycles. The van der Waals surface area contributed by atoms with Crippen LogP contribution in [0.5, 0.6) is 0 Å². The number of rotatable bonds is 4. The van der Waals surface area contributed by atoms with Crippen molar-refractivity contribution in [1.29, 1.82) is 0 Å². The van der Waals surface area contributed by atoms with Crippen LogP contribution in [0.1, 0.15) is 5.69 Å². The van der Waals surface area contributed by atoms with Crippen molar-refractivity contribution in [1.82, 2.24) is 4.98 Å². The molecule has 0 spiro atoms. The van der Waals surface area contributed by atoms with Crippen LogP contribution in [0.3, 0.4) is 0 Å². The van der Waals surface area contributed by atoms with E-state index in [0.29, 0.717) is 0 Å². The van der Waals surface area contributed by atoms with E-state index in [-0.39, 0.29) is 0 Å². The van der Waals surface area contributed by atoms with Crippen molar-refractivity contribution in [3.63, 3.8) is 0 Å². The molecule has 0 saturated carbocycles. The van der Waals surface area contributed by atoms with Crippen LogP contribution >= 0.6 is 0 Å². The standard InChI is InChI=1S/C15H16N2/c1-4-9-17(3)11-12(2)15-10-13-7-5-6-8-14(13)16-15/h1,5-8,10,16H,2,9,11H2,3H3/p+1. The number of aromatic amines is 1. The normalized spacial score (nSPS) is 12.2. The predicted octanol–water partition coefficient (Wildman–Crippen LogP) is 1.33. The largest absolute Gasteiger partial charge is 0.355 e. The summed E-state index contributed by atoms with van der Waals surface area (Å²) in [6.45, 7) is 5.70. The van der Waals surface area contributed by atoms with Crippen LogP contribution in [0.25, 0.3) is 16.5 Å². The highest BCUT2D eigenvalue weighted by molar-refractivity contribution is 5.84. The number of hydrogen-bond acceptors (Lipinski definition) is 0. The van der Waals surface area contributed by atoms with Crippen LogP contribution in [-0.4, -0.2) is 25.1 Å². The number of para-hydroxylation sites is 1. The van der Waals surface area contributed by atoms with Gasteiger partial charge in [-0.05, 0) is 23.4 Å². The van der Waals surface area contributed by atoms with Gasteiger partial charge < -0.3 is 9.88 Å². The number of nitrogens with one attached hydrogen (secondary N) is 2. The molecule has 0 amide bonds. The maximum absolute atomic E-state index is 5.30. The zero-order chi connectivity index (χ0) is 12.3. The Morgan fingerprint density at radius 3 is 2.94 bits per heavy atom. The van der Waals surface area contributed by atoms with E-state index in [0.717, 1.165) is 29.9 Å². The molecule has 2 rings (SSSR count). The molecule has 0 bridgehead atoms. The number of terminal acetylenes is 1. The van der Waals surface area contributed by atoms with Crippen LogP contribution < -0.4 is 4.90 Å². The first-order chi connectivity index (χ1) is 8.20. The van der Waals surface area contributed by atoms with Gasteiger partial charge in [-0.2, -0.15) is 0 Å². The third-order valence-electron chi connectivity index (χ3n) is 2.83. The molecule has 1 unspecified atom stereocenters. The molecule has 2 N–H and O–H groups in total. The summed E-state index contributed by atoms with van der Waals surface area (Å²) in [6, 6.07) is 10.4. The molecule has 1 aromatic heterocycles. The van der Waals surface area contributed by atoms with Crippen molar-refractivity contribution in [3.8, 4) is 12.3 Å². The third-order valence-corrected chi connectivity index (χ3v) is 2.83. The highest BCUT2D eigenvalue weighted by Crippen LogP contribution is 2.18. The summed E-state index contributed by atoms with van der Waals surface area (Å²) in [7, 11) is 2.08. The minimum atomic E-state index is 0.721. The van der Waals surface area contributed by atoms with Gasteiger partial charge in [0.05, 0.1) is 7.05 Å². The summed E-state index contributed by atoms with van der Waals surface area (Å²) in [5.41, 5.74) is 3.34. The topological polar surface area (TPSA) is 20.2 Å². The van der Waals surface area contributed by atoms with Crippen LogP contribution in [0.4, 0.5) is 0 Å². The fraction of sp³-hybridized carbons (Fsp3) is 0.200. The van der Waals surface area contributed by atoms with E-state index in [1.807, 2.05) is 12.1 Å². The monoisotopic (exact) mass is 225 g/mol. The van der Waals surface area contributed by atoms with Crippen LogP contribution in [-0.2, 0) is 0 Å². The highest BCUT2D eigenvalue weighted by Gasteiger charge is 2.08. The lowest BCUT2D eigenvalue weighted by Gasteiger charge is -2.11. The molecule has 1 heterocycles. The summed E-state index contributed by atoms with van der Waals surface area (Å²) in [6.07, 6.45) is 5.30. The quantitative estimate of drug-likeness (QED) is 0.732. The van der Waals surface area contributed by atoms with Crippen molar-refractivity contribution in [2.75, 3.05) is 20.1 Å². The number of hydrogen-bond donors (Lipinski definition) is 2. The maximum atomic E-state index is 5.30. The van der Waals surface area contributed by atoms with E-state index in [4.69, 9.17) is 6.42 Å². The first-order valence-corrected chi connectivity index (χ1v) is 5.71. The van der Waals surface area contributed by atoms with E-state index in [1.54, 1.807) is 0 Å². The summed E-state index contributed by atoms with van der Waals surface area (Å²) in [5, 5.41) is 1.22. The lowest BCUT2D eigenvalue weighted by Crippen LogP contribution is -3.08. The van der Waals surface area contributed by atoms with Crippen molar-refractivity contribution in [2.45, 2.75) is 0 Å². The smallest absolute Gasteiger partial charge is 0.139 e. The molecule has 1 aromatic carbocycles. The molecule has 2 nitrogen and oxygen atoms in total. The number of likely N-dealkylation sites (N-methyl/N-ethyl adjacent to an activating group) is 1. The van der Waals surface area contributed by atoms with Gasteiger partial charge in [0.2, 0.25) is 0 Å². The maximum Gasteiger partial charge on any atom is 0.139 e. The molecule has 0 aliphatic heterocycles. The molecule has 0 radical (unpaired) electrons. The van der Waals surface area contributed by atoms with E-state index < -0.39 is 0 Å². The Bertz CT molecular complexity index is 539. The van der Waals surface area contributed by atoms with E-state index in [9.17, 15) is 0 Å². The Morgan fingerprint density at radius 1 is 1.47 bits per heavy atom. The molecule has 17 heavy (non-hydrogen) atoms. The summed E-state index contributed by atoms with van der Waals surface area (Å²) >= 11 is 0. The molecular formula is C15H17N2+. The van der Waals surface area contributed by atoms with Gasteiger partial charge in [-0.15, -0.1) is 6.42 Å². The van der Waals surface area contributed by atoms with E-state index in [1.165, 1.54) is 10.3 Å². The second-order valence-electron chi connectivity index (χ2n) is 4.39. The average Bonchev–Trinajstić information content (AvgIpc) is 2.72. The van der Waals surface area contributed by atoms with E-state index in [2.05, 4.69) is 42.7 Å². The zero-order valence-electron chi connectivity index (χ0n) is 10.1. The predicted molar refractivity (Wildman–Crippen MR) is 72.8 cm³/mol. The minimum absolute atomic E-state index is 0.721. The van der Waals surface area contributed by atoms with Gasteiger partial charge in [-0.1, -0.05) is 24.8 Å². The Kier molecular flexibility index (Phi) is 3.32. The van der Waals surface area contributed by atoms with Gasteiger partial charge in [0.25, 0.3) is 0 Å². The van der Waals surface area contributed by atoms with Gasteiger partial charge in [0.15, 0.2) is 0 Å². The minimum Gasteiger partial charge on any atom is -0.355 e. The van der Waals surface area contributed by atoms with Crippen LogP contribution in [0, 0.1) is 12.3 Å². The van der Waals surface area contributed by atoms with Crippen molar-refractivity contribution >= 4 is 16.5 Å². The van der Waals surface area contributed by atoms with Crippen molar-refractivity contribution in [3.05, 3.63) is 42.6 Å². The lowest BCUT2D eigenvalue weighted by atomic mass is 10.2. The Balaban J connectivity index is 2.17. The fourth-order valence-corrected chi connectivity index (χ4v) is 1.96. The number of benzene rings is 1. The highest BCUT2D eigenvalue weighted by atomic mass is 15.1. The molecule has 2 heteroatoms. The Labute approximate surface area is 102 Å². The molecular weight excluding hydrogens is 208 g/mol. The first-order valence-electron chi connectivity index (χ1n) is 5.71. The van der Waals surface area contributed by atoms with E-state index >= 15 is 0 Å². The number of H-pyrrole nitrogens is 1. The van der Waals surface area contributed by atoms with Crippen LogP contribution in [0.2, 0.25) is 0 Å². The lowest BCUT2D eigenvalue weighted by molar-refractivity contribution is -0.863. The zero-order valence-corrected chi connectivity index (χ0v) is 10.1. The number of aromatic nitrogens is 1. The van der Waals surface area contributed by atoms with Gasteiger partial charge in [0.1, 0.15) is 13.1 Å². The molecule has 2 aromatic rings. The van der Waals surface area contributed by atoms with Gasteiger partial charge in [0, 0.05) is 16.8 Å².